The van der Waals surface area contributed by atoms with Crippen molar-refractivity contribution in [2.75, 3.05) is 0 Å². The first-order chi connectivity index (χ1) is 12.7. The lowest BCUT2D eigenvalue weighted by molar-refractivity contribution is 0.799. The topological polar surface area (TPSA) is 17.8 Å². The lowest BCUT2D eigenvalue weighted by Gasteiger charge is -2.18. The Hall–Kier alpha value is -2.55. The molecule has 2 nitrogen and oxygen atoms in total. The van der Waals surface area contributed by atoms with Crippen molar-refractivity contribution in [2.45, 2.75) is 6.54 Å². The summed E-state index contributed by atoms with van der Waals surface area (Å²) >= 11 is 13.1. The first-order valence-electron chi connectivity index (χ1n) is 8.31. The Morgan fingerprint density at radius 3 is 2.04 bits per heavy atom. The van der Waals surface area contributed by atoms with E-state index in [4.69, 9.17) is 23.2 Å². The number of aromatic nitrogens is 2. The summed E-state index contributed by atoms with van der Waals surface area (Å²) < 4.78 is 2.05. The van der Waals surface area contributed by atoms with E-state index >= 15 is 0 Å². The van der Waals surface area contributed by atoms with Crippen LogP contribution in [0.5, 0.6) is 0 Å². The van der Waals surface area contributed by atoms with Crippen molar-refractivity contribution in [3.05, 3.63) is 101 Å². The second-order valence-corrected chi connectivity index (χ2v) is 6.85. The van der Waals surface area contributed by atoms with Crippen molar-refractivity contribution in [3.8, 4) is 22.3 Å². The summed E-state index contributed by atoms with van der Waals surface area (Å²) in [6.07, 6.45) is 5.56. The molecule has 26 heavy (non-hydrogen) atoms. The van der Waals surface area contributed by atoms with Crippen LogP contribution in [0.3, 0.4) is 0 Å². The summed E-state index contributed by atoms with van der Waals surface area (Å²) in [6, 6.07) is 22.1. The molecule has 0 radical (unpaired) electrons. The Bertz CT molecular complexity index is 1040. The highest BCUT2D eigenvalue weighted by atomic mass is 35.5. The monoisotopic (exact) mass is 378 g/mol. The van der Waals surface area contributed by atoms with Crippen molar-refractivity contribution in [2.24, 2.45) is 0 Å². The zero-order valence-electron chi connectivity index (χ0n) is 13.9. The lowest BCUT2D eigenvalue weighted by atomic mass is 9.90. The minimum atomic E-state index is 0.707. The molecule has 0 spiro atoms. The quantitative estimate of drug-likeness (QED) is 0.392. The second kappa shape index (κ2) is 7.36. The van der Waals surface area contributed by atoms with E-state index < -0.39 is 0 Å². The summed E-state index contributed by atoms with van der Waals surface area (Å²) in [7, 11) is 0. The number of imidazole rings is 1. The molecule has 3 aromatic carbocycles. The Balaban J connectivity index is 1.97. The van der Waals surface area contributed by atoms with Crippen molar-refractivity contribution >= 4 is 23.2 Å². The van der Waals surface area contributed by atoms with Gasteiger partial charge in [-0.2, -0.15) is 0 Å². The maximum Gasteiger partial charge on any atom is 0.0949 e. The predicted octanol–water partition coefficient (Wildman–Crippen LogP) is 6.57. The van der Waals surface area contributed by atoms with Gasteiger partial charge in [-0.1, -0.05) is 77.8 Å². The summed E-state index contributed by atoms with van der Waals surface area (Å²) in [6.45, 7) is 0.707. The summed E-state index contributed by atoms with van der Waals surface area (Å²) in [5.41, 5.74) is 5.33. The molecule has 128 valence electrons. The normalized spacial score (nSPS) is 10.8. The van der Waals surface area contributed by atoms with E-state index in [0.29, 0.717) is 6.54 Å². The van der Waals surface area contributed by atoms with Crippen LogP contribution < -0.4 is 0 Å². The Labute approximate surface area is 162 Å². The standard InChI is InChI=1S/C22H16Cl2N2/c23-20-10-3-1-7-17(20)18-9-5-6-16(14-26-13-12-25-15-26)22(18)19-8-2-4-11-21(19)24/h1-13,15H,14H2. The third-order valence-corrected chi connectivity index (χ3v) is 5.03. The van der Waals surface area contributed by atoms with Gasteiger partial charge in [0.15, 0.2) is 0 Å². The molecule has 0 saturated heterocycles. The molecule has 0 atom stereocenters. The number of nitrogens with zero attached hydrogens (tertiary/aromatic N) is 2. The zero-order chi connectivity index (χ0) is 17.9. The van der Waals surface area contributed by atoms with Crippen LogP contribution in [0.1, 0.15) is 5.56 Å². The fraction of sp³-hybridized carbons (Fsp3) is 0.0455. The first kappa shape index (κ1) is 16.9. The maximum absolute atomic E-state index is 6.56. The lowest BCUT2D eigenvalue weighted by Crippen LogP contribution is -2.01. The number of rotatable bonds is 4. The van der Waals surface area contributed by atoms with Crippen molar-refractivity contribution < 1.29 is 0 Å². The predicted molar refractivity (Wildman–Crippen MR) is 109 cm³/mol. The summed E-state index contributed by atoms with van der Waals surface area (Å²) in [5, 5.41) is 1.44. The minimum Gasteiger partial charge on any atom is -0.333 e. The van der Waals surface area contributed by atoms with Gasteiger partial charge in [-0.05, 0) is 28.8 Å². The van der Waals surface area contributed by atoms with Gasteiger partial charge in [-0.15, -0.1) is 0 Å². The molecule has 0 saturated carbocycles. The Kier molecular flexibility index (Phi) is 4.79. The second-order valence-electron chi connectivity index (χ2n) is 6.03. The van der Waals surface area contributed by atoms with E-state index in [1.54, 1.807) is 6.20 Å². The molecule has 4 rings (SSSR count). The third kappa shape index (κ3) is 3.26. The fourth-order valence-electron chi connectivity index (χ4n) is 3.19. The van der Waals surface area contributed by atoms with Gasteiger partial charge in [0.05, 0.1) is 6.33 Å². The zero-order valence-corrected chi connectivity index (χ0v) is 15.5. The van der Waals surface area contributed by atoms with Gasteiger partial charge in [0.1, 0.15) is 0 Å². The first-order valence-corrected chi connectivity index (χ1v) is 9.07. The van der Waals surface area contributed by atoms with Gasteiger partial charge < -0.3 is 4.57 Å². The van der Waals surface area contributed by atoms with E-state index in [2.05, 4.69) is 29.2 Å². The van der Waals surface area contributed by atoms with Crippen LogP contribution in [-0.2, 0) is 6.54 Å². The summed E-state index contributed by atoms with van der Waals surface area (Å²) in [4.78, 5) is 4.15. The van der Waals surface area contributed by atoms with Crippen LogP contribution in [0.15, 0.2) is 85.5 Å². The Morgan fingerprint density at radius 2 is 1.38 bits per heavy atom. The average Bonchev–Trinajstić information content (AvgIpc) is 3.16. The number of hydrogen-bond acceptors (Lipinski definition) is 1. The molecule has 4 aromatic rings. The molecule has 0 bridgehead atoms. The van der Waals surface area contributed by atoms with Crippen LogP contribution in [-0.4, -0.2) is 9.55 Å². The molecule has 0 unspecified atom stereocenters. The molecule has 0 aliphatic heterocycles. The van der Waals surface area contributed by atoms with E-state index in [-0.39, 0.29) is 0 Å². The van der Waals surface area contributed by atoms with Crippen LogP contribution in [0.4, 0.5) is 0 Å². The molecular formula is C22H16Cl2N2. The minimum absolute atomic E-state index is 0.707. The Morgan fingerprint density at radius 1 is 0.731 bits per heavy atom. The molecule has 0 amide bonds. The van der Waals surface area contributed by atoms with E-state index in [0.717, 1.165) is 37.9 Å². The van der Waals surface area contributed by atoms with Crippen LogP contribution in [0, 0.1) is 0 Å². The van der Waals surface area contributed by atoms with Crippen LogP contribution >= 0.6 is 23.2 Å². The van der Waals surface area contributed by atoms with Gasteiger partial charge in [0, 0.05) is 40.1 Å². The van der Waals surface area contributed by atoms with Gasteiger partial charge in [0.2, 0.25) is 0 Å². The van der Waals surface area contributed by atoms with Gasteiger partial charge in [-0.3, -0.25) is 0 Å². The van der Waals surface area contributed by atoms with Crippen LogP contribution in [0.2, 0.25) is 10.0 Å². The highest BCUT2D eigenvalue weighted by molar-refractivity contribution is 6.34. The highest BCUT2D eigenvalue weighted by Crippen LogP contribution is 2.40. The number of hydrogen-bond donors (Lipinski definition) is 0. The number of halogens is 2. The van der Waals surface area contributed by atoms with Gasteiger partial charge >= 0.3 is 0 Å². The van der Waals surface area contributed by atoms with Crippen molar-refractivity contribution in [1.82, 2.24) is 9.55 Å². The van der Waals surface area contributed by atoms with E-state index in [1.807, 2.05) is 59.6 Å². The van der Waals surface area contributed by atoms with Crippen LogP contribution in [0.25, 0.3) is 22.3 Å². The smallest absolute Gasteiger partial charge is 0.0949 e. The molecule has 1 heterocycles. The molecule has 1 aromatic heterocycles. The number of benzene rings is 3. The maximum atomic E-state index is 6.56. The van der Waals surface area contributed by atoms with E-state index in [1.165, 1.54) is 0 Å². The molecule has 4 heteroatoms. The molecular weight excluding hydrogens is 363 g/mol. The SMILES string of the molecule is Clc1ccccc1-c1cccc(Cn2ccnc2)c1-c1ccccc1Cl. The molecule has 0 aliphatic rings. The van der Waals surface area contributed by atoms with Gasteiger partial charge in [0.25, 0.3) is 0 Å². The molecule has 0 fully saturated rings. The van der Waals surface area contributed by atoms with Gasteiger partial charge in [-0.25, -0.2) is 4.98 Å². The largest absolute Gasteiger partial charge is 0.333 e. The molecule has 0 N–H and O–H groups in total. The molecule has 0 aliphatic carbocycles. The van der Waals surface area contributed by atoms with E-state index in [9.17, 15) is 0 Å². The summed E-state index contributed by atoms with van der Waals surface area (Å²) in [5.74, 6) is 0. The average molecular weight is 379 g/mol. The third-order valence-electron chi connectivity index (χ3n) is 4.37. The fourth-order valence-corrected chi connectivity index (χ4v) is 3.66. The van der Waals surface area contributed by atoms with Crippen molar-refractivity contribution in [1.29, 1.82) is 0 Å². The highest BCUT2D eigenvalue weighted by Gasteiger charge is 2.16. The van der Waals surface area contributed by atoms with Crippen molar-refractivity contribution in [3.63, 3.8) is 0 Å².